The molecule has 0 bridgehead atoms. The van der Waals surface area contributed by atoms with Gasteiger partial charge in [-0.25, -0.2) is 15.0 Å². The molecule has 9 aromatic carbocycles. The lowest BCUT2D eigenvalue weighted by Crippen LogP contribution is -2.01. The number of benzene rings is 9. The molecule has 4 heteroatoms. The summed E-state index contributed by atoms with van der Waals surface area (Å²) in [6.45, 7) is 0. The van der Waals surface area contributed by atoms with Gasteiger partial charge in [-0.1, -0.05) is 152 Å². The van der Waals surface area contributed by atoms with Gasteiger partial charge < -0.3 is 4.42 Å². The Hall–Kier alpha value is -7.43. The van der Waals surface area contributed by atoms with Crippen LogP contribution in [0.25, 0.3) is 111 Å². The summed E-state index contributed by atoms with van der Waals surface area (Å²) in [6.07, 6.45) is 0.903. The number of rotatable bonds is 4. The molecule has 0 radical (unpaired) electrons. The van der Waals surface area contributed by atoms with Crippen LogP contribution in [0.5, 0.6) is 0 Å². The Labute approximate surface area is 322 Å². The second-order valence-corrected chi connectivity index (χ2v) is 14.7. The van der Waals surface area contributed by atoms with E-state index in [1.807, 2.05) is 18.2 Å². The van der Waals surface area contributed by atoms with Gasteiger partial charge in [0.05, 0.1) is 0 Å². The SMILES string of the molecule is c1ccc(-c2nc(-c3ccc4c(c3)oc3cccc(-c5ccc6c7ccccc7c7ccccc7c6c5)c34)nc(-c3cccc4c3-c3ccccc3C4)n2)cc1. The number of hydrogen-bond donors (Lipinski definition) is 0. The second kappa shape index (κ2) is 12.0. The molecule has 11 aromatic rings. The van der Waals surface area contributed by atoms with Crippen molar-refractivity contribution in [1.29, 1.82) is 0 Å². The van der Waals surface area contributed by atoms with E-state index in [2.05, 4.69) is 158 Å². The average Bonchev–Trinajstić information content (AvgIpc) is 3.85. The van der Waals surface area contributed by atoms with E-state index in [9.17, 15) is 0 Å². The van der Waals surface area contributed by atoms with Gasteiger partial charge in [-0.3, -0.25) is 0 Å². The zero-order valence-electron chi connectivity index (χ0n) is 30.2. The van der Waals surface area contributed by atoms with E-state index in [4.69, 9.17) is 19.4 Å². The summed E-state index contributed by atoms with van der Waals surface area (Å²) in [6, 6.07) is 62.3. The minimum absolute atomic E-state index is 0.606. The van der Waals surface area contributed by atoms with Gasteiger partial charge in [-0.2, -0.15) is 0 Å². The van der Waals surface area contributed by atoms with Gasteiger partial charge in [-0.05, 0) is 96.4 Å². The topological polar surface area (TPSA) is 51.8 Å². The van der Waals surface area contributed by atoms with Crippen molar-refractivity contribution in [2.45, 2.75) is 6.42 Å². The Bertz CT molecular complexity index is 3360. The first-order chi connectivity index (χ1) is 27.7. The Morgan fingerprint density at radius 2 is 0.911 bits per heavy atom. The van der Waals surface area contributed by atoms with Gasteiger partial charge in [0, 0.05) is 27.5 Å². The van der Waals surface area contributed by atoms with Gasteiger partial charge in [-0.15, -0.1) is 0 Å². The highest BCUT2D eigenvalue weighted by atomic mass is 16.3. The predicted octanol–water partition coefficient (Wildman–Crippen LogP) is 13.5. The van der Waals surface area contributed by atoms with Gasteiger partial charge in [0.15, 0.2) is 17.5 Å². The summed E-state index contributed by atoms with van der Waals surface area (Å²) in [5.41, 5.74) is 11.8. The molecule has 0 spiro atoms. The molecule has 56 heavy (non-hydrogen) atoms. The first-order valence-electron chi connectivity index (χ1n) is 19.1. The third kappa shape index (κ3) is 4.69. The van der Waals surface area contributed by atoms with E-state index in [1.165, 1.54) is 54.6 Å². The molecule has 0 fully saturated rings. The summed E-state index contributed by atoms with van der Waals surface area (Å²) < 4.78 is 6.65. The molecule has 1 aliphatic carbocycles. The predicted molar refractivity (Wildman–Crippen MR) is 230 cm³/mol. The van der Waals surface area contributed by atoms with Crippen LogP contribution < -0.4 is 0 Å². The van der Waals surface area contributed by atoms with Gasteiger partial charge in [0.2, 0.25) is 0 Å². The molecule has 2 heterocycles. The molecular formula is C52H31N3O. The number of furan rings is 1. The fraction of sp³-hybridized carbons (Fsp3) is 0.0192. The van der Waals surface area contributed by atoms with E-state index in [-0.39, 0.29) is 0 Å². The fourth-order valence-electron chi connectivity index (χ4n) is 9.00. The lowest BCUT2D eigenvalue weighted by molar-refractivity contribution is 0.669. The smallest absolute Gasteiger partial charge is 0.164 e. The maximum Gasteiger partial charge on any atom is 0.164 e. The summed E-state index contributed by atoms with van der Waals surface area (Å²) in [7, 11) is 0. The highest BCUT2D eigenvalue weighted by molar-refractivity contribution is 6.26. The molecule has 4 nitrogen and oxygen atoms in total. The standard InChI is InChI=1S/C52H31N3O/c1-2-12-31(13-3-1)50-53-51(55-52(54-50)44-22-10-15-34-28-32-14-4-5-16-36(32)48(34)44)35-25-27-43-47(30-35)56-46-23-11-21-37(49(43)46)33-24-26-42-40-19-7-6-17-38(40)39-18-8-9-20-41(39)45(42)29-33/h1-27,29-30H,28H2. The van der Waals surface area contributed by atoms with E-state index in [0.29, 0.717) is 17.5 Å². The molecule has 0 unspecified atom stereocenters. The summed E-state index contributed by atoms with van der Waals surface area (Å²) in [4.78, 5) is 15.4. The Morgan fingerprint density at radius 3 is 1.71 bits per heavy atom. The minimum atomic E-state index is 0.606. The van der Waals surface area contributed by atoms with Crippen molar-refractivity contribution in [2.24, 2.45) is 0 Å². The van der Waals surface area contributed by atoms with Crippen LogP contribution >= 0.6 is 0 Å². The number of nitrogens with zero attached hydrogens (tertiary/aromatic N) is 3. The van der Waals surface area contributed by atoms with Crippen molar-refractivity contribution in [3.8, 4) is 56.4 Å². The summed E-state index contributed by atoms with van der Waals surface area (Å²) in [5, 5.41) is 9.73. The van der Waals surface area contributed by atoms with E-state index >= 15 is 0 Å². The molecule has 0 amide bonds. The average molecular weight is 714 g/mol. The van der Waals surface area contributed by atoms with Crippen LogP contribution in [0.1, 0.15) is 11.1 Å². The highest BCUT2D eigenvalue weighted by Gasteiger charge is 2.24. The van der Waals surface area contributed by atoms with Crippen molar-refractivity contribution in [1.82, 2.24) is 15.0 Å². The first-order valence-corrected chi connectivity index (χ1v) is 19.1. The van der Waals surface area contributed by atoms with Crippen LogP contribution in [0.4, 0.5) is 0 Å². The summed E-state index contributed by atoms with van der Waals surface area (Å²) >= 11 is 0. The summed E-state index contributed by atoms with van der Waals surface area (Å²) in [5.74, 6) is 1.90. The number of aromatic nitrogens is 3. The number of hydrogen-bond acceptors (Lipinski definition) is 4. The van der Waals surface area contributed by atoms with Gasteiger partial charge >= 0.3 is 0 Å². The maximum absolute atomic E-state index is 6.65. The second-order valence-electron chi connectivity index (χ2n) is 14.7. The van der Waals surface area contributed by atoms with Crippen LogP contribution in [0.3, 0.4) is 0 Å². The fourth-order valence-corrected chi connectivity index (χ4v) is 9.00. The zero-order valence-corrected chi connectivity index (χ0v) is 30.2. The largest absolute Gasteiger partial charge is 0.456 e. The van der Waals surface area contributed by atoms with Crippen LogP contribution in [-0.2, 0) is 6.42 Å². The van der Waals surface area contributed by atoms with Gasteiger partial charge in [0.1, 0.15) is 11.2 Å². The third-order valence-electron chi connectivity index (χ3n) is 11.5. The Kier molecular flexibility index (Phi) is 6.66. The van der Waals surface area contributed by atoms with Crippen molar-refractivity contribution in [3.05, 3.63) is 187 Å². The van der Waals surface area contributed by atoms with E-state index < -0.39 is 0 Å². The van der Waals surface area contributed by atoms with Crippen molar-refractivity contribution < 1.29 is 4.42 Å². The number of fused-ring (bicyclic) bond motifs is 12. The molecule has 0 saturated heterocycles. The quantitative estimate of drug-likeness (QED) is 0.170. The van der Waals surface area contributed by atoms with Crippen LogP contribution in [0.15, 0.2) is 180 Å². The van der Waals surface area contributed by atoms with E-state index in [1.54, 1.807) is 0 Å². The molecule has 12 rings (SSSR count). The normalized spacial score (nSPS) is 12.2. The zero-order chi connectivity index (χ0) is 36.7. The Morgan fingerprint density at radius 1 is 0.339 bits per heavy atom. The van der Waals surface area contributed by atoms with Crippen molar-refractivity contribution in [2.75, 3.05) is 0 Å². The first kappa shape index (κ1) is 31.0. The minimum Gasteiger partial charge on any atom is -0.456 e. The monoisotopic (exact) mass is 713 g/mol. The molecule has 1 aliphatic rings. The lowest BCUT2D eigenvalue weighted by Gasteiger charge is -2.12. The molecule has 260 valence electrons. The van der Waals surface area contributed by atoms with Crippen LogP contribution in [0.2, 0.25) is 0 Å². The van der Waals surface area contributed by atoms with Crippen molar-refractivity contribution in [3.63, 3.8) is 0 Å². The lowest BCUT2D eigenvalue weighted by atomic mass is 9.91. The molecule has 0 N–H and O–H groups in total. The van der Waals surface area contributed by atoms with Crippen molar-refractivity contribution >= 4 is 54.3 Å². The Balaban J connectivity index is 1.03. The van der Waals surface area contributed by atoms with E-state index in [0.717, 1.165) is 56.2 Å². The molecular weight excluding hydrogens is 683 g/mol. The molecule has 0 aliphatic heterocycles. The molecule has 0 saturated carbocycles. The van der Waals surface area contributed by atoms with Crippen LogP contribution in [-0.4, -0.2) is 15.0 Å². The van der Waals surface area contributed by atoms with Crippen LogP contribution in [0, 0.1) is 0 Å². The molecule has 2 aromatic heterocycles. The maximum atomic E-state index is 6.65. The molecule has 0 atom stereocenters. The highest BCUT2D eigenvalue weighted by Crippen LogP contribution is 2.44. The third-order valence-corrected chi connectivity index (χ3v) is 11.5. The van der Waals surface area contributed by atoms with Gasteiger partial charge in [0.25, 0.3) is 0 Å².